The summed E-state index contributed by atoms with van der Waals surface area (Å²) in [5, 5.41) is 11.0. The number of hydrogen-bond acceptors (Lipinski definition) is 3. The summed E-state index contributed by atoms with van der Waals surface area (Å²) in [6.45, 7) is 2.81. The smallest absolute Gasteiger partial charge is 0.325 e. The molecule has 1 aromatic carbocycles. The van der Waals surface area contributed by atoms with Crippen LogP contribution in [0.4, 0.5) is 0 Å². The molecule has 0 radical (unpaired) electrons. The molecule has 0 aliphatic carbocycles. The van der Waals surface area contributed by atoms with Gasteiger partial charge in [-0.2, -0.15) is 0 Å². The Morgan fingerprint density at radius 2 is 1.59 bits per heavy atom. The first-order chi connectivity index (χ1) is 7.91. The van der Waals surface area contributed by atoms with Crippen molar-refractivity contribution in [1.82, 2.24) is 5.32 Å². The zero-order valence-electron chi connectivity index (χ0n) is 9.56. The third-order valence-electron chi connectivity index (χ3n) is 2.27. The number of Topliss-reactive ketones (excluding diaryl/α,β-unsaturated/α-hetero) is 1. The zero-order valence-corrected chi connectivity index (χ0v) is 9.56. The van der Waals surface area contributed by atoms with E-state index in [1.165, 1.54) is 38.1 Å². The summed E-state index contributed by atoms with van der Waals surface area (Å²) in [6, 6.07) is 5.09. The van der Waals surface area contributed by atoms with E-state index in [0.717, 1.165) is 0 Å². The molecule has 5 heteroatoms. The first kappa shape index (κ1) is 12.9. The van der Waals surface area contributed by atoms with Crippen molar-refractivity contribution < 1.29 is 19.5 Å². The van der Waals surface area contributed by atoms with E-state index in [0.29, 0.717) is 11.1 Å². The minimum atomic E-state index is -1.10. The third-order valence-corrected chi connectivity index (χ3v) is 2.27. The molecule has 0 aromatic heterocycles. The van der Waals surface area contributed by atoms with Crippen molar-refractivity contribution in [3.8, 4) is 0 Å². The van der Waals surface area contributed by atoms with Gasteiger partial charge in [0.15, 0.2) is 5.78 Å². The van der Waals surface area contributed by atoms with E-state index < -0.39 is 17.9 Å². The van der Waals surface area contributed by atoms with E-state index in [9.17, 15) is 14.4 Å². The van der Waals surface area contributed by atoms with Gasteiger partial charge in [-0.3, -0.25) is 14.4 Å². The second-order valence-electron chi connectivity index (χ2n) is 3.67. The molecule has 0 unspecified atom stereocenters. The SMILES string of the molecule is CC(=O)c1ccc(C(=O)N[C@H](C)C(=O)O)cc1. The van der Waals surface area contributed by atoms with Gasteiger partial charge in [0.1, 0.15) is 6.04 Å². The standard InChI is InChI=1S/C12H13NO4/c1-7(12(16)17)13-11(15)10-5-3-9(4-6-10)8(2)14/h3-7H,1-2H3,(H,13,15)(H,16,17)/t7-/m1/s1. The van der Waals surface area contributed by atoms with Gasteiger partial charge in [0.2, 0.25) is 0 Å². The van der Waals surface area contributed by atoms with Gasteiger partial charge < -0.3 is 10.4 Å². The molecule has 0 aliphatic rings. The number of nitrogens with one attached hydrogen (secondary N) is 1. The van der Waals surface area contributed by atoms with Crippen LogP contribution in [0.15, 0.2) is 24.3 Å². The molecule has 17 heavy (non-hydrogen) atoms. The number of carbonyl (C=O) groups is 3. The van der Waals surface area contributed by atoms with E-state index in [-0.39, 0.29) is 5.78 Å². The predicted octanol–water partition coefficient (Wildman–Crippen LogP) is 1.09. The van der Waals surface area contributed by atoms with Crippen LogP contribution in [0.2, 0.25) is 0 Å². The van der Waals surface area contributed by atoms with Gasteiger partial charge in [-0.15, -0.1) is 0 Å². The largest absolute Gasteiger partial charge is 0.480 e. The maximum absolute atomic E-state index is 11.6. The van der Waals surface area contributed by atoms with Crippen molar-refractivity contribution in [3.63, 3.8) is 0 Å². The van der Waals surface area contributed by atoms with Crippen LogP contribution in [0.5, 0.6) is 0 Å². The summed E-state index contributed by atoms with van der Waals surface area (Å²) in [7, 11) is 0. The van der Waals surface area contributed by atoms with Gasteiger partial charge in [0.25, 0.3) is 5.91 Å². The van der Waals surface area contributed by atoms with Gasteiger partial charge in [-0.25, -0.2) is 0 Å². The van der Waals surface area contributed by atoms with E-state index in [2.05, 4.69) is 5.32 Å². The van der Waals surface area contributed by atoms with Crippen molar-refractivity contribution in [2.24, 2.45) is 0 Å². The van der Waals surface area contributed by atoms with Crippen molar-refractivity contribution in [2.45, 2.75) is 19.9 Å². The van der Waals surface area contributed by atoms with E-state index in [1.54, 1.807) is 0 Å². The lowest BCUT2D eigenvalue weighted by Crippen LogP contribution is -2.38. The molecule has 5 nitrogen and oxygen atoms in total. The van der Waals surface area contributed by atoms with E-state index in [1.807, 2.05) is 0 Å². The molecule has 0 heterocycles. The first-order valence-electron chi connectivity index (χ1n) is 5.06. The van der Waals surface area contributed by atoms with Crippen molar-refractivity contribution >= 4 is 17.7 Å². The summed E-state index contributed by atoms with van der Waals surface area (Å²) in [5.74, 6) is -1.66. The van der Waals surface area contributed by atoms with Crippen LogP contribution in [0.25, 0.3) is 0 Å². The number of rotatable bonds is 4. The van der Waals surface area contributed by atoms with Gasteiger partial charge in [-0.05, 0) is 26.0 Å². The molecule has 0 saturated carbocycles. The molecule has 90 valence electrons. The number of carbonyl (C=O) groups excluding carboxylic acids is 2. The fraction of sp³-hybridized carbons (Fsp3) is 0.250. The Balaban J connectivity index is 2.77. The summed E-state index contributed by atoms with van der Waals surface area (Å²) in [5.41, 5.74) is 0.830. The summed E-state index contributed by atoms with van der Waals surface area (Å²) < 4.78 is 0. The number of carboxylic acids is 1. The van der Waals surface area contributed by atoms with Crippen LogP contribution in [0.1, 0.15) is 34.6 Å². The average Bonchev–Trinajstić information content (AvgIpc) is 2.28. The van der Waals surface area contributed by atoms with Crippen LogP contribution < -0.4 is 5.32 Å². The molecule has 0 spiro atoms. The predicted molar refractivity (Wildman–Crippen MR) is 61.0 cm³/mol. The van der Waals surface area contributed by atoms with E-state index >= 15 is 0 Å². The lowest BCUT2D eigenvalue weighted by atomic mass is 10.1. The third kappa shape index (κ3) is 3.41. The maximum atomic E-state index is 11.6. The van der Waals surface area contributed by atoms with Crippen LogP contribution >= 0.6 is 0 Å². The molecular weight excluding hydrogens is 222 g/mol. The molecular formula is C12H13NO4. The molecule has 0 aliphatic heterocycles. The molecule has 0 bridgehead atoms. The lowest BCUT2D eigenvalue weighted by molar-refractivity contribution is -0.138. The summed E-state index contributed by atoms with van der Waals surface area (Å²) >= 11 is 0. The van der Waals surface area contributed by atoms with Crippen LogP contribution in [0.3, 0.4) is 0 Å². The minimum absolute atomic E-state index is 0.0872. The Kier molecular flexibility index (Phi) is 3.98. The first-order valence-corrected chi connectivity index (χ1v) is 5.06. The van der Waals surface area contributed by atoms with Crippen LogP contribution in [-0.4, -0.2) is 28.8 Å². The quantitative estimate of drug-likeness (QED) is 0.765. The normalized spacial score (nSPS) is 11.6. The Morgan fingerprint density at radius 1 is 1.12 bits per heavy atom. The molecule has 1 rings (SSSR count). The van der Waals surface area contributed by atoms with Crippen molar-refractivity contribution in [2.75, 3.05) is 0 Å². The maximum Gasteiger partial charge on any atom is 0.325 e. The van der Waals surface area contributed by atoms with Gasteiger partial charge >= 0.3 is 5.97 Å². The molecule has 0 saturated heterocycles. The Labute approximate surface area is 98.4 Å². The lowest BCUT2D eigenvalue weighted by Gasteiger charge is -2.09. The second kappa shape index (κ2) is 5.25. The van der Waals surface area contributed by atoms with Gasteiger partial charge in [-0.1, -0.05) is 12.1 Å². The number of hydrogen-bond donors (Lipinski definition) is 2. The highest BCUT2D eigenvalue weighted by atomic mass is 16.4. The van der Waals surface area contributed by atoms with Crippen LogP contribution in [0, 0.1) is 0 Å². The molecule has 1 amide bonds. The topological polar surface area (TPSA) is 83.5 Å². The number of ketones is 1. The van der Waals surface area contributed by atoms with Gasteiger partial charge in [0, 0.05) is 11.1 Å². The Bertz CT molecular complexity index is 450. The minimum Gasteiger partial charge on any atom is -0.480 e. The van der Waals surface area contributed by atoms with Crippen LogP contribution in [-0.2, 0) is 4.79 Å². The second-order valence-corrected chi connectivity index (χ2v) is 3.67. The Hall–Kier alpha value is -2.17. The highest BCUT2D eigenvalue weighted by Crippen LogP contribution is 2.05. The number of amides is 1. The van der Waals surface area contributed by atoms with Crippen molar-refractivity contribution in [3.05, 3.63) is 35.4 Å². The number of benzene rings is 1. The summed E-state index contributed by atoms with van der Waals surface area (Å²) in [6.07, 6.45) is 0. The molecule has 1 atom stereocenters. The fourth-order valence-electron chi connectivity index (χ4n) is 1.20. The molecule has 2 N–H and O–H groups in total. The van der Waals surface area contributed by atoms with Gasteiger partial charge in [0.05, 0.1) is 0 Å². The number of carboxylic acid groups (broad SMARTS) is 1. The molecule has 1 aromatic rings. The fourth-order valence-corrected chi connectivity index (χ4v) is 1.20. The highest BCUT2D eigenvalue weighted by molar-refractivity contribution is 5.98. The Morgan fingerprint density at radius 3 is 2.00 bits per heavy atom. The summed E-state index contributed by atoms with van der Waals surface area (Å²) in [4.78, 5) is 33.1. The van der Waals surface area contributed by atoms with E-state index in [4.69, 9.17) is 5.11 Å². The zero-order chi connectivity index (χ0) is 13.0. The number of aliphatic carboxylic acids is 1. The average molecular weight is 235 g/mol. The molecule has 0 fully saturated rings. The highest BCUT2D eigenvalue weighted by Gasteiger charge is 2.15. The van der Waals surface area contributed by atoms with Crippen molar-refractivity contribution in [1.29, 1.82) is 0 Å². The monoisotopic (exact) mass is 235 g/mol.